The Bertz CT molecular complexity index is 675. The molecular weight excluding hydrogens is 251 g/mol. The molecule has 100 valence electrons. The van der Waals surface area contributed by atoms with Gasteiger partial charge in [-0.25, -0.2) is 4.39 Å². The van der Waals surface area contributed by atoms with Crippen molar-refractivity contribution >= 4 is 5.69 Å². The molecule has 3 rings (SSSR count). The summed E-state index contributed by atoms with van der Waals surface area (Å²) in [6, 6.07) is 16.9. The van der Waals surface area contributed by atoms with Gasteiger partial charge >= 0.3 is 0 Å². The highest BCUT2D eigenvalue weighted by molar-refractivity contribution is 5.50. The molecule has 0 aromatic heterocycles. The Morgan fingerprint density at radius 1 is 1.10 bits per heavy atom. The van der Waals surface area contributed by atoms with Crippen LogP contribution in [0.5, 0.6) is 0 Å². The molecule has 1 atom stereocenters. The molecule has 0 heterocycles. The number of hydrogen-bond donors (Lipinski definition) is 1. The lowest BCUT2D eigenvalue weighted by atomic mass is 9.78. The molecule has 2 nitrogen and oxygen atoms in total. The summed E-state index contributed by atoms with van der Waals surface area (Å²) in [6.07, 6.45) is 2.25. The van der Waals surface area contributed by atoms with Gasteiger partial charge in [0.2, 0.25) is 0 Å². The van der Waals surface area contributed by atoms with Gasteiger partial charge in [0.05, 0.1) is 6.07 Å². The zero-order chi connectivity index (χ0) is 14.0. The Morgan fingerprint density at radius 3 is 2.65 bits per heavy atom. The van der Waals surface area contributed by atoms with Crippen molar-refractivity contribution in [2.24, 2.45) is 0 Å². The summed E-state index contributed by atoms with van der Waals surface area (Å²) in [5.74, 6) is -0.292. The van der Waals surface area contributed by atoms with Crippen molar-refractivity contribution in [3.05, 3.63) is 65.5 Å². The quantitative estimate of drug-likeness (QED) is 0.899. The van der Waals surface area contributed by atoms with Crippen LogP contribution in [0.2, 0.25) is 0 Å². The van der Waals surface area contributed by atoms with Gasteiger partial charge in [-0.15, -0.1) is 0 Å². The maximum atomic E-state index is 13.3. The fourth-order valence-corrected chi connectivity index (χ4v) is 2.81. The molecule has 0 aliphatic heterocycles. The summed E-state index contributed by atoms with van der Waals surface area (Å²) in [7, 11) is 0. The van der Waals surface area contributed by atoms with Gasteiger partial charge in [-0.3, -0.25) is 0 Å². The standard InChI is InChI=1S/C17H15FN2/c18-15-6-3-7-16(10-15)20-17(12-19)9-8-13-4-1-2-5-14(13)11-17/h1-7,10,20H,8-9,11H2. The van der Waals surface area contributed by atoms with E-state index in [4.69, 9.17) is 0 Å². The Kier molecular flexibility index (Phi) is 3.15. The number of nitrogens with zero attached hydrogens (tertiary/aromatic N) is 1. The van der Waals surface area contributed by atoms with Gasteiger partial charge in [0.1, 0.15) is 11.4 Å². The van der Waals surface area contributed by atoms with Crippen molar-refractivity contribution < 1.29 is 4.39 Å². The monoisotopic (exact) mass is 266 g/mol. The van der Waals surface area contributed by atoms with E-state index in [2.05, 4.69) is 23.5 Å². The molecule has 3 heteroatoms. The SMILES string of the molecule is N#CC1(Nc2cccc(F)c2)CCc2ccccc2C1. The number of anilines is 1. The van der Waals surface area contributed by atoms with Crippen LogP contribution in [0.25, 0.3) is 0 Å². The van der Waals surface area contributed by atoms with Crippen LogP contribution in [0.4, 0.5) is 10.1 Å². The molecule has 0 fully saturated rings. The Hall–Kier alpha value is -2.34. The molecule has 1 aliphatic carbocycles. The van der Waals surface area contributed by atoms with Crippen molar-refractivity contribution in [1.29, 1.82) is 5.26 Å². The lowest BCUT2D eigenvalue weighted by Gasteiger charge is -2.34. The molecule has 1 N–H and O–H groups in total. The van der Waals surface area contributed by atoms with Gasteiger partial charge in [0.25, 0.3) is 0 Å². The van der Waals surface area contributed by atoms with Gasteiger partial charge in [-0.1, -0.05) is 30.3 Å². The molecular formula is C17H15FN2. The van der Waals surface area contributed by atoms with E-state index in [1.165, 1.54) is 23.3 Å². The predicted octanol–water partition coefficient (Wildman–Crippen LogP) is 3.69. The normalized spacial score (nSPS) is 20.8. The number of halogens is 1. The molecule has 0 radical (unpaired) electrons. The first-order valence-corrected chi connectivity index (χ1v) is 6.73. The zero-order valence-corrected chi connectivity index (χ0v) is 11.1. The van der Waals surface area contributed by atoms with Gasteiger partial charge in [0.15, 0.2) is 0 Å². The minimum atomic E-state index is -0.651. The first-order valence-electron chi connectivity index (χ1n) is 6.73. The van der Waals surface area contributed by atoms with Crippen molar-refractivity contribution in [3.63, 3.8) is 0 Å². The van der Waals surface area contributed by atoms with Crippen LogP contribution in [0.3, 0.4) is 0 Å². The molecule has 2 aromatic carbocycles. The topological polar surface area (TPSA) is 35.8 Å². The van der Waals surface area contributed by atoms with Gasteiger partial charge in [-0.05, 0) is 42.2 Å². The second-order valence-electron chi connectivity index (χ2n) is 5.27. The summed E-state index contributed by atoms with van der Waals surface area (Å²) < 4.78 is 13.3. The number of nitrogens with one attached hydrogen (secondary N) is 1. The van der Waals surface area contributed by atoms with E-state index in [-0.39, 0.29) is 5.82 Å². The maximum Gasteiger partial charge on any atom is 0.129 e. The highest BCUT2D eigenvalue weighted by Crippen LogP contribution is 2.31. The first-order chi connectivity index (χ1) is 9.71. The fraction of sp³-hybridized carbons (Fsp3) is 0.235. The molecule has 20 heavy (non-hydrogen) atoms. The number of rotatable bonds is 2. The van der Waals surface area contributed by atoms with Crippen LogP contribution in [-0.4, -0.2) is 5.54 Å². The van der Waals surface area contributed by atoms with E-state index in [1.807, 2.05) is 12.1 Å². The van der Waals surface area contributed by atoms with Crippen LogP contribution in [-0.2, 0) is 12.8 Å². The van der Waals surface area contributed by atoms with Gasteiger partial charge in [0, 0.05) is 12.1 Å². The molecule has 1 aliphatic rings. The van der Waals surface area contributed by atoms with Crippen LogP contribution in [0, 0.1) is 17.1 Å². The highest BCUT2D eigenvalue weighted by Gasteiger charge is 2.34. The minimum absolute atomic E-state index is 0.292. The van der Waals surface area contributed by atoms with E-state index >= 15 is 0 Å². The molecule has 0 saturated carbocycles. The fourth-order valence-electron chi connectivity index (χ4n) is 2.81. The number of hydrogen-bond acceptors (Lipinski definition) is 2. The van der Waals surface area contributed by atoms with Gasteiger partial charge < -0.3 is 5.32 Å². The zero-order valence-electron chi connectivity index (χ0n) is 11.1. The average Bonchev–Trinajstić information content (AvgIpc) is 2.47. The Labute approximate surface area is 117 Å². The summed E-state index contributed by atoms with van der Waals surface area (Å²) in [5, 5.41) is 12.8. The second-order valence-corrected chi connectivity index (χ2v) is 5.27. The minimum Gasteiger partial charge on any atom is -0.367 e. The molecule has 0 amide bonds. The number of benzene rings is 2. The van der Waals surface area contributed by atoms with Crippen LogP contribution >= 0.6 is 0 Å². The van der Waals surface area contributed by atoms with Crippen LogP contribution < -0.4 is 5.32 Å². The van der Waals surface area contributed by atoms with Crippen molar-refractivity contribution in [1.82, 2.24) is 0 Å². The summed E-state index contributed by atoms with van der Waals surface area (Å²) in [4.78, 5) is 0. The third-order valence-corrected chi connectivity index (χ3v) is 3.85. The third kappa shape index (κ3) is 2.37. The number of fused-ring (bicyclic) bond motifs is 1. The molecule has 0 spiro atoms. The summed E-state index contributed by atoms with van der Waals surface area (Å²) >= 11 is 0. The van der Waals surface area contributed by atoms with Crippen LogP contribution in [0.1, 0.15) is 17.5 Å². The van der Waals surface area contributed by atoms with E-state index in [0.717, 1.165) is 12.8 Å². The largest absolute Gasteiger partial charge is 0.367 e. The van der Waals surface area contributed by atoms with Crippen molar-refractivity contribution in [2.45, 2.75) is 24.8 Å². The molecule has 1 unspecified atom stereocenters. The van der Waals surface area contributed by atoms with Gasteiger partial charge in [-0.2, -0.15) is 5.26 Å². The smallest absolute Gasteiger partial charge is 0.129 e. The van der Waals surface area contributed by atoms with E-state index in [9.17, 15) is 9.65 Å². The van der Waals surface area contributed by atoms with E-state index in [1.54, 1.807) is 12.1 Å². The molecule has 0 bridgehead atoms. The third-order valence-electron chi connectivity index (χ3n) is 3.85. The Morgan fingerprint density at radius 2 is 1.90 bits per heavy atom. The molecule has 0 saturated heterocycles. The van der Waals surface area contributed by atoms with E-state index in [0.29, 0.717) is 12.1 Å². The van der Waals surface area contributed by atoms with E-state index < -0.39 is 5.54 Å². The second kappa shape index (κ2) is 4.97. The number of nitriles is 1. The lowest BCUT2D eigenvalue weighted by molar-refractivity contribution is 0.506. The predicted molar refractivity (Wildman–Crippen MR) is 76.8 cm³/mol. The molecule has 2 aromatic rings. The maximum absolute atomic E-state index is 13.3. The Balaban J connectivity index is 1.89. The summed E-state index contributed by atoms with van der Waals surface area (Å²) in [6.45, 7) is 0. The summed E-state index contributed by atoms with van der Waals surface area (Å²) in [5.41, 5.74) is 2.51. The number of aryl methyl sites for hydroxylation is 1. The van der Waals surface area contributed by atoms with Crippen LogP contribution in [0.15, 0.2) is 48.5 Å². The lowest BCUT2D eigenvalue weighted by Crippen LogP contribution is -2.42. The van der Waals surface area contributed by atoms with Crippen molar-refractivity contribution in [3.8, 4) is 6.07 Å². The highest BCUT2D eigenvalue weighted by atomic mass is 19.1. The first kappa shape index (κ1) is 12.7. The average molecular weight is 266 g/mol. The van der Waals surface area contributed by atoms with Crippen molar-refractivity contribution in [2.75, 3.05) is 5.32 Å².